The first-order valence-electron chi connectivity index (χ1n) is 8.15. The lowest BCUT2D eigenvalue weighted by atomic mass is 10.1. The lowest BCUT2D eigenvalue weighted by Crippen LogP contribution is -2.32. The first-order chi connectivity index (χ1) is 11.2. The van der Waals surface area contributed by atoms with Crippen molar-refractivity contribution in [2.45, 2.75) is 65.3 Å². The zero-order chi connectivity index (χ0) is 18.2. The van der Waals surface area contributed by atoms with E-state index in [0.29, 0.717) is 19.5 Å². The maximum Gasteiger partial charge on any atom is 0.407 e. The number of alkyl carbamates (subject to hydrolysis) is 1. The van der Waals surface area contributed by atoms with Gasteiger partial charge in [0.05, 0.1) is 0 Å². The van der Waals surface area contributed by atoms with Crippen molar-refractivity contribution in [3.63, 3.8) is 0 Å². The van der Waals surface area contributed by atoms with Gasteiger partial charge in [-0.15, -0.1) is 0 Å². The molecule has 0 bridgehead atoms. The van der Waals surface area contributed by atoms with Gasteiger partial charge < -0.3 is 20.5 Å². The summed E-state index contributed by atoms with van der Waals surface area (Å²) in [6.07, 6.45) is 0.344. The number of carbonyl (C=O) groups excluding carboxylic acids is 1. The predicted octanol–water partition coefficient (Wildman–Crippen LogP) is 3.05. The fourth-order valence-electron chi connectivity index (χ4n) is 2.00. The molecule has 1 aromatic rings. The molecule has 1 unspecified atom stereocenters. The number of rotatable bonds is 8. The van der Waals surface area contributed by atoms with Crippen LogP contribution in [0.4, 0.5) is 4.79 Å². The molecule has 0 saturated heterocycles. The third-order valence-corrected chi connectivity index (χ3v) is 3.30. The van der Waals surface area contributed by atoms with E-state index in [4.69, 9.17) is 9.84 Å². The molecule has 0 aliphatic rings. The Morgan fingerprint density at radius 1 is 1.12 bits per heavy atom. The van der Waals surface area contributed by atoms with Crippen LogP contribution < -0.4 is 10.6 Å². The Balaban J connectivity index is 2.35. The number of ether oxygens (including phenoxy) is 1. The van der Waals surface area contributed by atoms with Gasteiger partial charge in [0.15, 0.2) is 0 Å². The molecule has 0 heterocycles. The molecule has 1 aromatic carbocycles. The summed E-state index contributed by atoms with van der Waals surface area (Å²) in [5, 5.41) is 14.7. The van der Waals surface area contributed by atoms with Crippen LogP contribution in [-0.2, 0) is 22.6 Å². The maximum absolute atomic E-state index is 11.6. The molecule has 6 heteroatoms. The van der Waals surface area contributed by atoms with E-state index < -0.39 is 17.7 Å². The zero-order valence-corrected chi connectivity index (χ0v) is 14.9. The minimum absolute atomic E-state index is 0.148. The summed E-state index contributed by atoms with van der Waals surface area (Å²) in [7, 11) is 0. The van der Waals surface area contributed by atoms with Crippen LogP contribution in [0.2, 0.25) is 0 Å². The van der Waals surface area contributed by atoms with E-state index in [0.717, 1.165) is 11.1 Å². The normalized spacial score (nSPS) is 12.5. The fourth-order valence-corrected chi connectivity index (χ4v) is 2.00. The molecule has 6 nitrogen and oxygen atoms in total. The molecular formula is C18H28N2O4. The second-order valence-electron chi connectivity index (χ2n) is 6.89. The highest BCUT2D eigenvalue weighted by Crippen LogP contribution is 2.08. The van der Waals surface area contributed by atoms with Gasteiger partial charge in [0.25, 0.3) is 0 Å². The van der Waals surface area contributed by atoms with E-state index in [1.54, 1.807) is 0 Å². The molecule has 134 valence electrons. The molecule has 0 aliphatic carbocycles. The SMILES string of the molecule is CC(CCC(=O)O)NCc1ccc(CNC(=O)OC(C)(C)C)cc1. The largest absolute Gasteiger partial charge is 0.481 e. The zero-order valence-electron chi connectivity index (χ0n) is 14.9. The van der Waals surface area contributed by atoms with Gasteiger partial charge in [0.1, 0.15) is 5.60 Å². The standard InChI is InChI=1S/C18H28N2O4/c1-13(5-10-16(21)22)19-11-14-6-8-15(9-7-14)12-20-17(23)24-18(2,3)4/h6-9,13,19H,5,10-12H2,1-4H3,(H,20,23)(H,21,22). The van der Waals surface area contributed by atoms with Crippen LogP contribution in [0.25, 0.3) is 0 Å². The molecule has 0 aliphatic heterocycles. The lowest BCUT2D eigenvalue weighted by Gasteiger charge is -2.19. The van der Waals surface area contributed by atoms with Crippen molar-refractivity contribution in [3.05, 3.63) is 35.4 Å². The number of aliphatic carboxylic acids is 1. The second kappa shape index (κ2) is 9.27. The van der Waals surface area contributed by atoms with Gasteiger partial charge in [-0.2, -0.15) is 0 Å². The Bertz CT molecular complexity index is 535. The van der Waals surface area contributed by atoms with Crippen molar-refractivity contribution in [2.24, 2.45) is 0 Å². The van der Waals surface area contributed by atoms with Gasteiger partial charge >= 0.3 is 12.1 Å². The Morgan fingerprint density at radius 3 is 2.17 bits per heavy atom. The summed E-state index contributed by atoms with van der Waals surface area (Å²) in [4.78, 5) is 22.1. The topological polar surface area (TPSA) is 87.7 Å². The molecule has 0 radical (unpaired) electrons. The third-order valence-electron chi connectivity index (χ3n) is 3.30. The number of carboxylic acids is 1. The number of carboxylic acid groups (broad SMARTS) is 1. The van der Waals surface area contributed by atoms with Crippen LogP contribution in [0.3, 0.4) is 0 Å². The predicted molar refractivity (Wildman–Crippen MR) is 92.7 cm³/mol. The van der Waals surface area contributed by atoms with Gasteiger partial charge in [-0.25, -0.2) is 4.79 Å². The van der Waals surface area contributed by atoms with Crippen LogP contribution in [0.5, 0.6) is 0 Å². The highest BCUT2D eigenvalue weighted by atomic mass is 16.6. The smallest absolute Gasteiger partial charge is 0.407 e. The van der Waals surface area contributed by atoms with Crippen molar-refractivity contribution in [1.29, 1.82) is 0 Å². The van der Waals surface area contributed by atoms with Crippen LogP contribution in [-0.4, -0.2) is 28.8 Å². The number of benzene rings is 1. The van der Waals surface area contributed by atoms with E-state index in [9.17, 15) is 9.59 Å². The summed E-state index contributed by atoms with van der Waals surface area (Å²) in [5.74, 6) is -0.773. The number of carbonyl (C=O) groups is 2. The summed E-state index contributed by atoms with van der Waals surface area (Å²) >= 11 is 0. The first kappa shape index (κ1) is 20.0. The minimum atomic E-state index is -0.773. The summed E-state index contributed by atoms with van der Waals surface area (Å²) < 4.78 is 5.19. The molecule has 1 atom stereocenters. The molecule has 24 heavy (non-hydrogen) atoms. The van der Waals surface area contributed by atoms with E-state index in [-0.39, 0.29) is 12.5 Å². The number of nitrogens with one attached hydrogen (secondary N) is 2. The molecule has 0 aromatic heterocycles. The van der Waals surface area contributed by atoms with Crippen molar-refractivity contribution in [2.75, 3.05) is 0 Å². The van der Waals surface area contributed by atoms with E-state index >= 15 is 0 Å². The summed E-state index contributed by atoms with van der Waals surface area (Å²) in [6.45, 7) is 8.55. The minimum Gasteiger partial charge on any atom is -0.481 e. The Kier molecular flexibility index (Phi) is 7.71. The van der Waals surface area contributed by atoms with Crippen LogP contribution >= 0.6 is 0 Å². The molecule has 0 fully saturated rings. The number of amides is 1. The molecule has 0 saturated carbocycles. The van der Waals surface area contributed by atoms with Crippen molar-refractivity contribution in [1.82, 2.24) is 10.6 Å². The third kappa shape index (κ3) is 9.15. The van der Waals surface area contributed by atoms with Gasteiger partial charge in [0, 0.05) is 25.6 Å². The van der Waals surface area contributed by atoms with Gasteiger partial charge in [0.2, 0.25) is 0 Å². The Labute approximate surface area is 143 Å². The van der Waals surface area contributed by atoms with Crippen molar-refractivity contribution < 1.29 is 19.4 Å². The van der Waals surface area contributed by atoms with Gasteiger partial charge in [-0.05, 0) is 45.2 Å². The highest BCUT2D eigenvalue weighted by molar-refractivity contribution is 5.67. The van der Waals surface area contributed by atoms with Crippen molar-refractivity contribution in [3.8, 4) is 0 Å². The Hall–Kier alpha value is -2.08. The quantitative estimate of drug-likeness (QED) is 0.679. The average molecular weight is 336 g/mol. The van der Waals surface area contributed by atoms with Gasteiger partial charge in [-0.1, -0.05) is 24.3 Å². The molecular weight excluding hydrogens is 308 g/mol. The van der Waals surface area contributed by atoms with Crippen molar-refractivity contribution >= 4 is 12.1 Å². The number of hydrogen-bond acceptors (Lipinski definition) is 4. The number of hydrogen-bond donors (Lipinski definition) is 3. The van der Waals surface area contributed by atoms with Gasteiger partial charge in [-0.3, -0.25) is 4.79 Å². The van der Waals surface area contributed by atoms with Crippen LogP contribution in [0, 0.1) is 0 Å². The van der Waals surface area contributed by atoms with E-state index in [1.807, 2.05) is 52.0 Å². The molecule has 1 rings (SSSR count). The van der Waals surface area contributed by atoms with E-state index in [2.05, 4.69) is 10.6 Å². The van der Waals surface area contributed by atoms with E-state index in [1.165, 1.54) is 0 Å². The fraction of sp³-hybridized carbons (Fsp3) is 0.556. The Morgan fingerprint density at radius 2 is 1.67 bits per heavy atom. The monoisotopic (exact) mass is 336 g/mol. The molecule has 1 amide bonds. The maximum atomic E-state index is 11.6. The van der Waals surface area contributed by atoms with Crippen LogP contribution in [0.15, 0.2) is 24.3 Å². The first-order valence-corrected chi connectivity index (χ1v) is 8.15. The summed E-state index contributed by atoms with van der Waals surface area (Å²) in [6, 6.07) is 8.04. The molecule has 0 spiro atoms. The molecule has 3 N–H and O–H groups in total. The summed E-state index contributed by atoms with van der Waals surface area (Å²) in [5.41, 5.74) is 1.60. The average Bonchev–Trinajstić information content (AvgIpc) is 2.48. The van der Waals surface area contributed by atoms with Crippen LogP contribution in [0.1, 0.15) is 51.7 Å². The lowest BCUT2D eigenvalue weighted by molar-refractivity contribution is -0.137. The second-order valence-corrected chi connectivity index (χ2v) is 6.89. The highest BCUT2D eigenvalue weighted by Gasteiger charge is 2.15.